The van der Waals surface area contributed by atoms with Crippen molar-refractivity contribution in [2.75, 3.05) is 31.1 Å². The third-order valence-corrected chi connectivity index (χ3v) is 4.00. The van der Waals surface area contributed by atoms with Crippen LogP contribution in [0.2, 0.25) is 0 Å². The van der Waals surface area contributed by atoms with Crippen molar-refractivity contribution in [3.63, 3.8) is 0 Å². The van der Waals surface area contributed by atoms with Crippen molar-refractivity contribution in [2.24, 2.45) is 7.05 Å². The van der Waals surface area contributed by atoms with Gasteiger partial charge in [0.15, 0.2) is 0 Å². The molecule has 3 rings (SSSR count). The molecule has 1 N–H and O–H groups in total. The van der Waals surface area contributed by atoms with Crippen molar-refractivity contribution in [1.29, 1.82) is 0 Å². The number of carbonyl (C=O) groups is 1. The first-order valence-corrected chi connectivity index (χ1v) is 7.68. The van der Waals surface area contributed by atoms with E-state index < -0.39 is 0 Å². The van der Waals surface area contributed by atoms with E-state index in [0.717, 1.165) is 30.4 Å². The van der Waals surface area contributed by atoms with Gasteiger partial charge in [-0.3, -0.25) is 4.68 Å². The number of carbonyl (C=O) groups excluding carboxylic acids is 1. The third kappa shape index (κ3) is 3.58. The summed E-state index contributed by atoms with van der Waals surface area (Å²) in [5, 5.41) is 7.03. The van der Waals surface area contributed by atoms with Crippen LogP contribution in [0.15, 0.2) is 24.5 Å². The van der Waals surface area contributed by atoms with Crippen molar-refractivity contribution >= 4 is 11.8 Å². The molecule has 0 radical (unpaired) electrons. The SMILES string of the molecule is Cc1nccc(N2CCN(C(=O)NCc3ccnn3C)CC2)n1. The lowest BCUT2D eigenvalue weighted by Gasteiger charge is -2.35. The Morgan fingerprint density at radius 2 is 2.00 bits per heavy atom. The van der Waals surface area contributed by atoms with E-state index in [0.29, 0.717) is 19.6 Å². The zero-order valence-electron chi connectivity index (χ0n) is 13.4. The monoisotopic (exact) mass is 315 g/mol. The molecule has 1 saturated heterocycles. The van der Waals surface area contributed by atoms with Crippen LogP contribution in [0.4, 0.5) is 10.6 Å². The van der Waals surface area contributed by atoms with Gasteiger partial charge >= 0.3 is 6.03 Å². The highest BCUT2D eigenvalue weighted by atomic mass is 16.2. The number of aromatic nitrogens is 4. The smallest absolute Gasteiger partial charge is 0.317 e. The lowest BCUT2D eigenvalue weighted by molar-refractivity contribution is 0.193. The third-order valence-electron chi connectivity index (χ3n) is 4.00. The molecule has 0 bridgehead atoms. The second-order valence-corrected chi connectivity index (χ2v) is 5.54. The fourth-order valence-corrected chi connectivity index (χ4v) is 2.61. The van der Waals surface area contributed by atoms with Gasteiger partial charge in [-0.1, -0.05) is 0 Å². The molecule has 1 aliphatic rings. The molecule has 0 saturated carbocycles. The molecule has 3 heterocycles. The number of nitrogens with one attached hydrogen (secondary N) is 1. The highest BCUT2D eigenvalue weighted by Gasteiger charge is 2.21. The van der Waals surface area contributed by atoms with E-state index in [2.05, 4.69) is 25.3 Å². The Balaban J connectivity index is 1.50. The van der Waals surface area contributed by atoms with E-state index >= 15 is 0 Å². The molecule has 122 valence electrons. The summed E-state index contributed by atoms with van der Waals surface area (Å²) in [4.78, 5) is 24.8. The minimum atomic E-state index is -0.0373. The molecule has 8 heteroatoms. The van der Waals surface area contributed by atoms with Crippen LogP contribution in [-0.2, 0) is 13.6 Å². The Kier molecular flexibility index (Phi) is 4.40. The molecule has 0 atom stereocenters. The predicted molar refractivity (Wildman–Crippen MR) is 86.0 cm³/mol. The molecule has 2 aromatic heterocycles. The van der Waals surface area contributed by atoms with Gasteiger partial charge in [0, 0.05) is 45.6 Å². The van der Waals surface area contributed by atoms with Gasteiger partial charge in [-0.15, -0.1) is 0 Å². The Hall–Kier alpha value is -2.64. The van der Waals surface area contributed by atoms with Gasteiger partial charge < -0.3 is 15.1 Å². The average Bonchev–Trinajstić information content (AvgIpc) is 2.98. The number of amides is 2. The summed E-state index contributed by atoms with van der Waals surface area (Å²) in [5.74, 6) is 1.69. The second kappa shape index (κ2) is 6.64. The summed E-state index contributed by atoms with van der Waals surface area (Å²) in [7, 11) is 1.87. The first-order valence-electron chi connectivity index (χ1n) is 7.68. The molecule has 0 aliphatic carbocycles. The molecule has 0 aromatic carbocycles. The van der Waals surface area contributed by atoms with Crippen LogP contribution < -0.4 is 10.2 Å². The van der Waals surface area contributed by atoms with E-state index in [9.17, 15) is 4.79 Å². The number of anilines is 1. The number of urea groups is 1. The first kappa shape index (κ1) is 15.3. The van der Waals surface area contributed by atoms with Gasteiger partial charge in [-0.05, 0) is 19.1 Å². The highest BCUT2D eigenvalue weighted by molar-refractivity contribution is 5.74. The Labute approximate surface area is 135 Å². The van der Waals surface area contributed by atoms with Crippen molar-refractivity contribution in [3.8, 4) is 0 Å². The van der Waals surface area contributed by atoms with E-state index in [4.69, 9.17) is 0 Å². The van der Waals surface area contributed by atoms with E-state index in [1.165, 1.54) is 0 Å². The van der Waals surface area contributed by atoms with E-state index in [1.807, 2.05) is 31.0 Å². The molecule has 0 unspecified atom stereocenters. The van der Waals surface area contributed by atoms with Gasteiger partial charge in [-0.25, -0.2) is 14.8 Å². The lowest BCUT2D eigenvalue weighted by atomic mass is 10.3. The number of hydrogen-bond donors (Lipinski definition) is 1. The largest absolute Gasteiger partial charge is 0.353 e. The summed E-state index contributed by atoms with van der Waals surface area (Å²) in [6, 6.07) is 3.77. The quantitative estimate of drug-likeness (QED) is 0.895. The molecule has 2 aromatic rings. The Bertz CT molecular complexity index is 676. The zero-order chi connectivity index (χ0) is 16.2. The van der Waals surface area contributed by atoms with Crippen molar-refractivity contribution in [3.05, 3.63) is 36.0 Å². The molecule has 8 nitrogen and oxygen atoms in total. The van der Waals surface area contributed by atoms with E-state index in [-0.39, 0.29) is 6.03 Å². The number of nitrogens with zero attached hydrogens (tertiary/aromatic N) is 6. The van der Waals surface area contributed by atoms with Crippen LogP contribution in [0.5, 0.6) is 0 Å². The summed E-state index contributed by atoms with van der Waals surface area (Å²) in [6.45, 7) is 5.28. The number of rotatable bonds is 3. The number of hydrogen-bond acceptors (Lipinski definition) is 5. The van der Waals surface area contributed by atoms with Crippen LogP contribution in [-0.4, -0.2) is 56.9 Å². The minimum Gasteiger partial charge on any atom is -0.353 e. The summed E-state index contributed by atoms with van der Waals surface area (Å²) < 4.78 is 1.76. The molecule has 0 spiro atoms. The topological polar surface area (TPSA) is 79.2 Å². The first-order chi connectivity index (χ1) is 11.1. The standard InChI is InChI=1S/C15H21N7O/c1-12-16-5-4-14(19-12)21-7-9-22(10-8-21)15(23)17-11-13-3-6-18-20(13)2/h3-6H,7-11H2,1-2H3,(H,17,23). The summed E-state index contributed by atoms with van der Waals surface area (Å²) >= 11 is 0. The second-order valence-electron chi connectivity index (χ2n) is 5.54. The maximum Gasteiger partial charge on any atom is 0.317 e. The molecule has 1 aliphatic heterocycles. The van der Waals surface area contributed by atoms with Crippen molar-refractivity contribution in [1.82, 2.24) is 30.0 Å². The fraction of sp³-hybridized carbons (Fsp3) is 0.467. The minimum absolute atomic E-state index is 0.0373. The fourth-order valence-electron chi connectivity index (χ4n) is 2.61. The zero-order valence-corrected chi connectivity index (χ0v) is 13.4. The van der Waals surface area contributed by atoms with Crippen molar-refractivity contribution in [2.45, 2.75) is 13.5 Å². The number of aryl methyl sites for hydroxylation is 2. The van der Waals surface area contributed by atoms with Gasteiger partial charge in [0.1, 0.15) is 11.6 Å². The summed E-state index contributed by atoms with van der Waals surface area (Å²) in [5.41, 5.74) is 0.980. The van der Waals surface area contributed by atoms with Crippen LogP contribution >= 0.6 is 0 Å². The van der Waals surface area contributed by atoms with Crippen LogP contribution in [0, 0.1) is 6.92 Å². The van der Waals surface area contributed by atoms with Gasteiger partial charge in [0.05, 0.1) is 12.2 Å². The van der Waals surface area contributed by atoms with Gasteiger partial charge in [-0.2, -0.15) is 5.10 Å². The van der Waals surface area contributed by atoms with Crippen molar-refractivity contribution < 1.29 is 4.79 Å². The highest BCUT2D eigenvalue weighted by Crippen LogP contribution is 2.13. The Morgan fingerprint density at radius 3 is 2.65 bits per heavy atom. The molecule has 1 fully saturated rings. The molecule has 23 heavy (non-hydrogen) atoms. The van der Waals surface area contributed by atoms with Crippen LogP contribution in [0.1, 0.15) is 11.5 Å². The predicted octanol–water partition coefficient (Wildman–Crippen LogP) is 0.550. The number of piperazine rings is 1. The molecular formula is C15H21N7O. The van der Waals surface area contributed by atoms with Gasteiger partial charge in [0.25, 0.3) is 0 Å². The lowest BCUT2D eigenvalue weighted by Crippen LogP contribution is -2.52. The van der Waals surface area contributed by atoms with Crippen LogP contribution in [0.25, 0.3) is 0 Å². The molecule has 2 amide bonds. The normalized spacial score (nSPS) is 14.9. The van der Waals surface area contributed by atoms with Gasteiger partial charge in [0.2, 0.25) is 0 Å². The van der Waals surface area contributed by atoms with Crippen LogP contribution in [0.3, 0.4) is 0 Å². The van der Waals surface area contributed by atoms with E-state index in [1.54, 1.807) is 17.1 Å². The molecular weight excluding hydrogens is 294 g/mol. The Morgan fingerprint density at radius 1 is 1.22 bits per heavy atom. The maximum absolute atomic E-state index is 12.2. The maximum atomic E-state index is 12.2. The summed E-state index contributed by atoms with van der Waals surface area (Å²) in [6.07, 6.45) is 3.49. The average molecular weight is 315 g/mol.